The second kappa shape index (κ2) is 5.54. The molecule has 4 atom stereocenters. The summed E-state index contributed by atoms with van der Waals surface area (Å²) in [6.07, 6.45) is 2.02. The summed E-state index contributed by atoms with van der Waals surface area (Å²) >= 11 is 0. The minimum Gasteiger partial charge on any atom is -0.462 e. The third kappa shape index (κ3) is 2.72. The molecule has 2 fully saturated rings. The number of aliphatic hydroxyl groups excluding tert-OH is 1. The molecule has 4 heteroatoms. The highest BCUT2D eigenvalue weighted by Crippen LogP contribution is 2.38. The number of carbonyl (C=O) groups is 1. The van der Waals surface area contributed by atoms with Crippen molar-refractivity contribution in [3.8, 4) is 0 Å². The molecule has 2 bridgehead atoms. The molecule has 108 valence electrons. The molecule has 4 nitrogen and oxygen atoms in total. The molecule has 0 aromatic heterocycles. The summed E-state index contributed by atoms with van der Waals surface area (Å²) < 4.78 is 5.34. The molecule has 20 heavy (non-hydrogen) atoms. The first-order valence-electron chi connectivity index (χ1n) is 7.28. The molecule has 3 rings (SSSR count). The van der Waals surface area contributed by atoms with Crippen molar-refractivity contribution >= 4 is 5.97 Å². The number of hydrogen-bond acceptors (Lipinski definition) is 4. The van der Waals surface area contributed by atoms with Crippen LogP contribution in [0, 0.1) is 0 Å². The van der Waals surface area contributed by atoms with E-state index in [1.54, 1.807) is 0 Å². The first-order chi connectivity index (χ1) is 9.63. The lowest BCUT2D eigenvalue weighted by molar-refractivity contribution is -0.150. The van der Waals surface area contributed by atoms with Crippen LogP contribution in [0.3, 0.4) is 0 Å². The molecule has 0 saturated carbocycles. The van der Waals surface area contributed by atoms with Crippen LogP contribution in [0.5, 0.6) is 0 Å². The Kier molecular flexibility index (Phi) is 3.76. The standard InChI is InChI=1S/C16H21NO3/c1-11(18)20-14-7-13-8-16(19)15(9-14)17(13)10-12-5-3-2-4-6-12/h2-6,13-16,19H,7-10H2,1H3/t13-,14+,15+,16?/m0/s1. The Bertz CT molecular complexity index is 476. The molecule has 0 aliphatic carbocycles. The zero-order valence-corrected chi connectivity index (χ0v) is 11.7. The number of benzene rings is 1. The molecule has 0 radical (unpaired) electrons. The van der Waals surface area contributed by atoms with Gasteiger partial charge in [0.25, 0.3) is 0 Å². The van der Waals surface area contributed by atoms with Crippen LogP contribution in [0.1, 0.15) is 31.7 Å². The molecule has 1 aromatic carbocycles. The van der Waals surface area contributed by atoms with Crippen molar-refractivity contribution in [2.75, 3.05) is 0 Å². The monoisotopic (exact) mass is 275 g/mol. The van der Waals surface area contributed by atoms with E-state index >= 15 is 0 Å². The maximum atomic E-state index is 11.1. The zero-order chi connectivity index (χ0) is 14.1. The van der Waals surface area contributed by atoms with Gasteiger partial charge in [0.15, 0.2) is 0 Å². The van der Waals surface area contributed by atoms with E-state index in [-0.39, 0.29) is 24.2 Å². The van der Waals surface area contributed by atoms with Gasteiger partial charge in [0.05, 0.1) is 6.10 Å². The largest absolute Gasteiger partial charge is 0.462 e. The van der Waals surface area contributed by atoms with Crippen molar-refractivity contribution in [3.05, 3.63) is 35.9 Å². The highest BCUT2D eigenvalue weighted by molar-refractivity contribution is 5.66. The molecule has 0 amide bonds. The van der Waals surface area contributed by atoms with E-state index in [1.807, 2.05) is 18.2 Å². The number of piperidine rings is 1. The lowest BCUT2D eigenvalue weighted by Gasteiger charge is -2.38. The predicted octanol–water partition coefficient (Wildman–Crippen LogP) is 1.72. The van der Waals surface area contributed by atoms with Crippen LogP contribution >= 0.6 is 0 Å². The first-order valence-corrected chi connectivity index (χ1v) is 7.28. The van der Waals surface area contributed by atoms with Gasteiger partial charge in [0.2, 0.25) is 0 Å². The van der Waals surface area contributed by atoms with Gasteiger partial charge in [-0.05, 0) is 12.0 Å². The molecular formula is C16H21NO3. The summed E-state index contributed by atoms with van der Waals surface area (Å²) in [6, 6.07) is 10.7. The Hall–Kier alpha value is -1.39. The first kappa shape index (κ1) is 13.6. The highest BCUT2D eigenvalue weighted by Gasteiger charge is 2.46. The zero-order valence-electron chi connectivity index (χ0n) is 11.7. The third-order valence-electron chi connectivity index (χ3n) is 4.43. The summed E-state index contributed by atoms with van der Waals surface area (Å²) in [6.45, 7) is 2.31. The SMILES string of the molecule is CC(=O)O[C@@H]1C[C@H]2CC(O)[C@@H](C1)N2Cc1ccccc1. The molecule has 0 spiro atoms. The Labute approximate surface area is 119 Å². The lowest BCUT2D eigenvalue weighted by Crippen LogP contribution is -2.47. The van der Waals surface area contributed by atoms with Gasteiger partial charge >= 0.3 is 5.97 Å². The van der Waals surface area contributed by atoms with Crippen molar-refractivity contribution in [1.29, 1.82) is 0 Å². The number of rotatable bonds is 3. The van der Waals surface area contributed by atoms with Crippen LogP contribution in [0.25, 0.3) is 0 Å². The number of carbonyl (C=O) groups excluding carboxylic acids is 1. The summed E-state index contributed by atoms with van der Waals surface area (Å²) in [5, 5.41) is 10.2. The minimum absolute atomic E-state index is 0.0355. The van der Waals surface area contributed by atoms with Gasteiger partial charge in [-0.15, -0.1) is 0 Å². The van der Waals surface area contributed by atoms with Crippen LogP contribution in [0.2, 0.25) is 0 Å². The van der Waals surface area contributed by atoms with Crippen molar-refractivity contribution in [2.45, 2.75) is 57.0 Å². The molecule has 2 saturated heterocycles. The molecular weight excluding hydrogens is 254 g/mol. The Morgan fingerprint density at radius 3 is 2.70 bits per heavy atom. The van der Waals surface area contributed by atoms with Gasteiger partial charge in [0, 0.05) is 38.4 Å². The highest BCUT2D eigenvalue weighted by atomic mass is 16.5. The smallest absolute Gasteiger partial charge is 0.302 e. The number of hydrogen-bond donors (Lipinski definition) is 1. The third-order valence-corrected chi connectivity index (χ3v) is 4.43. The summed E-state index contributed by atoms with van der Waals surface area (Å²) in [5.41, 5.74) is 1.27. The maximum Gasteiger partial charge on any atom is 0.302 e. The second-order valence-electron chi connectivity index (χ2n) is 5.88. The predicted molar refractivity (Wildman–Crippen MR) is 75.0 cm³/mol. The Balaban J connectivity index is 1.70. The van der Waals surface area contributed by atoms with Gasteiger partial charge in [0.1, 0.15) is 6.10 Å². The van der Waals surface area contributed by atoms with Gasteiger partial charge < -0.3 is 9.84 Å². The van der Waals surface area contributed by atoms with Crippen molar-refractivity contribution < 1.29 is 14.6 Å². The topological polar surface area (TPSA) is 49.8 Å². The van der Waals surface area contributed by atoms with E-state index in [4.69, 9.17) is 4.74 Å². The molecule has 1 unspecified atom stereocenters. The van der Waals surface area contributed by atoms with Gasteiger partial charge in [-0.3, -0.25) is 9.69 Å². The molecule has 1 N–H and O–H groups in total. The van der Waals surface area contributed by atoms with Crippen LogP contribution < -0.4 is 0 Å². The van der Waals surface area contributed by atoms with Crippen molar-refractivity contribution in [3.63, 3.8) is 0 Å². The number of nitrogens with zero attached hydrogens (tertiary/aromatic N) is 1. The van der Waals surface area contributed by atoms with E-state index in [9.17, 15) is 9.90 Å². The Morgan fingerprint density at radius 2 is 2.05 bits per heavy atom. The van der Waals surface area contributed by atoms with Crippen LogP contribution in [0.4, 0.5) is 0 Å². The van der Waals surface area contributed by atoms with Crippen molar-refractivity contribution in [2.24, 2.45) is 0 Å². The summed E-state index contributed by atoms with van der Waals surface area (Å²) in [7, 11) is 0. The van der Waals surface area contributed by atoms with Crippen LogP contribution in [0.15, 0.2) is 30.3 Å². The normalized spacial score (nSPS) is 33.1. The summed E-state index contributed by atoms with van der Waals surface area (Å²) in [4.78, 5) is 13.5. The average Bonchev–Trinajstić information content (AvgIpc) is 2.58. The fourth-order valence-electron chi connectivity index (χ4n) is 3.63. The van der Waals surface area contributed by atoms with Gasteiger partial charge in [-0.1, -0.05) is 30.3 Å². The second-order valence-corrected chi connectivity index (χ2v) is 5.88. The fraction of sp³-hybridized carbons (Fsp3) is 0.562. The quantitative estimate of drug-likeness (QED) is 0.853. The lowest BCUT2D eigenvalue weighted by atomic mass is 9.98. The molecule has 1 aromatic rings. The van der Waals surface area contributed by atoms with Crippen molar-refractivity contribution in [1.82, 2.24) is 4.90 Å². The van der Waals surface area contributed by atoms with Gasteiger partial charge in [-0.2, -0.15) is 0 Å². The minimum atomic E-state index is -0.302. The van der Waals surface area contributed by atoms with E-state index in [0.29, 0.717) is 6.04 Å². The maximum absolute atomic E-state index is 11.1. The number of aliphatic hydroxyl groups is 1. The summed E-state index contributed by atoms with van der Waals surface area (Å²) in [5.74, 6) is -0.222. The van der Waals surface area contributed by atoms with E-state index < -0.39 is 0 Å². The molecule has 2 aliphatic heterocycles. The van der Waals surface area contributed by atoms with Crippen LogP contribution in [-0.2, 0) is 16.1 Å². The Morgan fingerprint density at radius 1 is 1.30 bits per heavy atom. The fourth-order valence-corrected chi connectivity index (χ4v) is 3.63. The molecule has 2 heterocycles. The average molecular weight is 275 g/mol. The van der Waals surface area contributed by atoms with Gasteiger partial charge in [-0.25, -0.2) is 0 Å². The number of fused-ring (bicyclic) bond motifs is 2. The van der Waals surface area contributed by atoms with Crippen LogP contribution in [-0.4, -0.2) is 40.3 Å². The molecule has 2 aliphatic rings. The number of esters is 1. The van der Waals surface area contributed by atoms with E-state index in [2.05, 4.69) is 17.0 Å². The number of ether oxygens (including phenoxy) is 1. The van der Waals surface area contributed by atoms with E-state index in [0.717, 1.165) is 25.8 Å². The van der Waals surface area contributed by atoms with E-state index in [1.165, 1.54) is 12.5 Å².